The van der Waals surface area contributed by atoms with Crippen molar-refractivity contribution >= 4 is 12.0 Å². The molecule has 2 atom stereocenters. The monoisotopic (exact) mass is 252 g/mol. The highest BCUT2D eigenvalue weighted by Gasteiger charge is 2.34. The molecular formula is C13H20N2O3. The van der Waals surface area contributed by atoms with Gasteiger partial charge in [0.25, 0.3) is 0 Å². The average molecular weight is 252 g/mol. The third-order valence-corrected chi connectivity index (χ3v) is 3.84. The summed E-state index contributed by atoms with van der Waals surface area (Å²) in [6, 6.07) is -0.0984. The van der Waals surface area contributed by atoms with Gasteiger partial charge in [0.05, 0.1) is 12.1 Å². The number of amides is 2. The van der Waals surface area contributed by atoms with Crippen LogP contribution in [0.5, 0.6) is 0 Å². The molecule has 0 bridgehead atoms. The van der Waals surface area contributed by atoms with Crippen LogP contribution in [0, 0.1) is 0 Å². The van der Waals surface area contributed by atoms with E-state index in [1.165, 1.54) is 0 Å². The van der Waals surface area contributed by atoms with Crippen molar-refractivity contribution in [3.63, 3.8) is 0 Å². The van der Waals surface area contributed by atoms with Gasteiger partial charge >= 0.3 is 6.09 Å². The number of carbonyl (C=O) groups excluding carboxylic acids is 1. The predicted octanol–water partition coefficient (Wildman–Crippen LogP) is 1.74. The predicted molar refractivity (Wildman–Crippen MR) is 67.3 cm³/mol. The zero-order valence-electron chi connectivity index (χ0n) is 10.7. The molecular weight excluding hydrogens is 232 g/mol. The van der Waals surface area contributed by atoms with Crippen LogP contribution in [-0.4, -0.2) is 40.6 Å². The van der Waals surface area contributed by atoms with E-state index in [0.29, 0.717) is 6.54 Å². The average Bonchev–Trinajstić information content (AvgIpc) is 2.30. The number of nitrogens with one attached hydrogen (secondary N) is 1. The van der Waals surface area contributed by atoms with E-state index in [0.717, 1.165) is 37.7 Å². The lowest BCUT2D eigenvalue weighted by Gasteiger charge is -2.40. The van der Waals surface area contributed by atoms with Crippen LogP contribution in [0.4, 0.5) is 4.79 Å². The summed E-state index contributed by atoms with van der Waals surface area (Å²) in [6.45, 7) is 2.67. The highest BCUT2D eigenvalue weighted by molar-refractivity contribution is 5.89. The molecule has 1 aliphatic carbocycles. The fourth-order valence-electron chi connectivity index (χ4n) is 2.91. The van der Waals surface area contributed by atoms with Gasteiger partial charge < -0.3 is 15.3 Å². The molecule has 2 N–H and O–H groups in total. The molecule has 0 aromatic carbocycles. The van der Waals surface area contributed by atoms with Gasteiger partial charge in [-0.2, -0.15) is 0 Å². The molecule has 2 rings (SSSR count). The maximum absolute atomic E-state index is 12.0. The number of carbonyl (C=O) groups is 2. The van der Waals surface area contributed by atoms with Crippen molar-refractivity contribution in [2.24, 2.45) is 0 Å². The van der Waals surface area contributed by atoms with Crippen LogP contribution < -0.4 is 5.32 Å². The van der Waals surface area contributed by atoms with E-state index >= 15 is 0 Å². The minimum absolute atomic E-state index is 0.0201. The molecule has 0 spiro atoms. The number of rotatable bonds is 2. The summed E-state index contributed by atoms with van der Waals surface area (Å²) < 4.78 is 0. The second-order valence-electron chi connectivity index (χ2n) is 5.18. The van der Waals surface area contributed by atoms with E-state index in [4.69, 9.17) is 5.11 Å². The molecule has 2 aliphatic rings. The van der Waals surface area contributed by atoms with Crippen LogP contribution in [0.1, 0.15) is 39.0 Å². The lowest BCUT2D eigenvalue weighted by atomic mass is 9.88. The quantitative estimate of drug-likeness (QED) is 0.786. The highest BCUT2D eigenvalue weighted by atomic mass is 16.4. The van der Waals surface area contributed by atoms with Gasteiger partial charge in [-0.3, -0.25) is 4.79 Å². The number of hydrogen-bond acceptors (Lipinski definition) is 2. The van der Waals surface area contributed by atoms with E-state index in [1.54, 1.807) is 6.08 Å². The van der Waals surface area contributed by atoms with Crippen molar-refractivity contribution in [2.75, 3.05) is 6.54 Å². The topological polar surface area (TPSA) is 69.6 Å². The van der Waals surface area contributed by atoms with E-state index in [9.17, 15) is 9.59 Å². The third kappa shape index (κ3) is 2.83. The van der Waals surface area contributed by atoms with Gasteiger partial charge in [-0.1, -0.05) is 18.4 Å². The summed E-state index contributed by atoms with van der Waals surface area (Å²) >= 11 is 0. The second kappa shape index (κ2) is 5.42. The molecule has 1 heterocycles. The molecule has 1 saturated carbocycles. The summed E-state index contributed by atoms with van der Waals surface area (Å²) in [5, 5.41) is 11.4. The SMILES string of the molecule is CC1=CC(=O)N([C@@H]2CCCC[C@H]2NC(=O)O)CC1. The van der Waals surface area contributed by atoms with E-state index < -0.39 is 6.09 Å². The lowest BCUT2D eigenvalue weighted by Crippen LogP contribution is -2.55. The number of hydrogen-bond donors (Lipinski definition) is 2. The molecule has 0 aromatic rings. The first-order valence-corrected chi connectivity index (χ1v) is 6.55. The van der Waals surface area contributed by atoms with Crippen LogP contribution >= 0.6 is 0 Å². The summed E-state index contributed by atoms with van der Waals surface area (Å²) in [6.07, 6.45) is 5.38. The molecule has 18 heavy (non-hydrogen) atoms. The molecule has 5 heteroatoms. The minimum atomic E-state index is -0.997. The normalized spacial score (nSPS) is 28.8. The van der Waals surface area contributed by atoms with Crippen molar-refractivity contribution in [1.82, 2.24) is 10.2 Å². The van der Waals surface area contributed by atoms with Gasteiger partial charge in [0.2, 0.25) is 5.91 Å². The van der Waals surface area contributed by atoms with Crippen molar-refractivity contribution in [3.8, 4) is 0 Å². The van der Waals surface area contributed by atoms with Gasteiger partial charge in [-0.15, -0.1) is 0 Å². The Kier molecular flexibility index (Phi) is 3.89. The van der Waals surface area contributed by atoms with Gasteiger partial charge in [-0.25, -0.2) is 4.79 Å². The van der Waals surface area contributed by atoms with Crippen LogP contribution in [0.3, 0.4) is 0 Å². The van der Waals surface area contributed by atoms with Gasteiger partial charge in [-0.05, 0) is 26.2 Å². The van der Waals surface area contributed by atoms with E-state index in [-0.39, 0.29) is 18.0 Å². The maximum Gasteiger partial charge on any atom is 0.404 e. The molecule has 0 radical (unpaired) electrons. The Balaban J connectivity index is 2.09. The molecule has 2 amide bonds. The molecule has 5 nitrogen and oxygen atoms in total. The Morgan fingerprint density at radius 1 is 1.44 bits per heavy atom. The number of carboxylic acid groups (broad SMARTS) is 1. The van der Waals surface area contributed by atoms with E-state index in [2.05, 4.69) is 5.32 Å². The van der Waals surface area contributed by atoms with Crippen LogP contribution in [0.25, 0.3) is 0 Å². The fourth-order valence-corrected chi connectivity index (χ4v) is 2.91. The van der Waals surface area contributed by atoms with E-state index in [1.807, 2.05) is 11.8 Å². The van der Waals surface area contributed by atoms with Crippen molar-refractivity contribution < 1.29 is 14.7 Å². The Morgan fingerprint density at radius 2 is 2.17 bits per heavy atom. The summed E-state index contributed by atoms with van der Waals surface area (Å²) in [7, 11) is 0. The molecule has 1 fully saturated rings. The highest BCUT2D eigenvalue weighted by Crippen LogP contribution is 2.26. The van der Waals surface area contributed by atoms with Crippen molar-refractivity contribution in [2.45, 2.75) is 51.1 Å². The van der Waals surface area contributed by atoms with Crippen molar-refractivity contribution in [1.29, 1.82) is 0 Å². The Bertz CT molecular complexity index is 378. The largest absolute Gasteiger partial charge is 0.465 e. The van der Waals surface area contributed by atoms with Gasteiger partial charge in [0.15, 0.2) is 0 Å². The smallest absolute Gasteiger partial charge is 0.404 e. The molecule has 0 saturated heterocycles. The molecule has 0 aromatic heterocycles. The molecule has 0 unspecified atom stereocenters. The standard InChI is InChI=1S/C13H20N2O3/c1-9-6-7-15(12(16)8-9)11-5-3-2-4-10(11)14-13(17)18/h8,10-11,14H,2-7H2,1H3,(H,17,18)/t10-,11-/m1/s1. The summed E-state index contributed by atoms with van der Waals surface area (Å²) in [4.78, 5) is 24.7. The fraction of sp³-hybridized carbons (Fsp3) is 0.692. The number of nitrogens with zero attached hydrogens (tertiary/aromatic N) is 1. The zero-order valence-corrected chi connectivity index (χ0v) is 10.7. The van der Waals surface area contributed by atoms with Gasteiger partial charge in [0, 0.05) is 12.6 Å². The zero-order chi connectivity index (χ0) is 13.1. The lowest BCUT2D eigenvalue weighted by molar-refractivity contribution is -0.130. The molecule has 1 aliphatic heterocycles. The van der Waals surface area contributed by atoms with Crippen LogP contribution in [0.2, 0.25) is 0 Å². The Morgan fingerprint density at radius 3 is 2.83 bits per heavy atom. The Hall–Kier alpha value is -1.52. The van der Waals surface area contributed by atoms with Crippen LogP contribution in [-0.2, 0) is 4.79 Å². The second-order valence-corrected chi connectivity index (χ2v) is 5.18. The summed E-state index contributed by atoms with van der Waals surface area (Å²) in [5.74, 6) is 0.0304. The first-order valence-electron chi connectivity index (χ1n) is 6.55. The first-order chi connectivity index (χ1) is 8.58. The summed E-state index contributed by atoms with van der Waals surface area (Å²) in [5.41, 5.74) is 1.11. The minimum Gasteiger partial charge on any atom is -0.465 e. The first kappa shape index (κ1) is 12.9. The third-order valence-electron chi connectivity index (χ3n) is 3.84. The maximum atomic E-state index is 12.0. The van der Waals surface area contributed by atoms with Crippen molar-refractivity contribution in [3.05, 3.63) is 11.6 Å². The van der Waals surface area contributed by atoms with Crippen LogP contribution in [0.15, 0.2) is 11.6 Å². The molecule has 100 valence electrons. The van der Waals surface area contributed by atoms with Gasteiger partial charge in [0.1, 0.15) is 0 Å². The Labute approximate surface area is 107 Å².